The fourth-order valence-electron chi connectivity index (χ4n) is 2.70. The maximum Gasteiger partial charge on any atom is 0.337 e. The first-order valence-electron chi connectivity index (χ1n) is 8.08. The van der Waals surface area contributed by atoms with E-state index in [2.05, 4.69) is 32.1 Å². The Morgan fingerprint density at radius 1 is 1.16 bits per heavy atom. The summed E-state index contributed by atoms with van der Waals surface area (Å²) >= 11 is 0. The first-order valence-corrected chi connectivity index (χ1v) is 8.08. The number of nitrogens with two attached hydrogens (primary N) is 1. The average Bonchev–Trinajstić information content (AvgIpc) is 2.64. The smallest absolute Gasteiger partial charge is 0.337 e. The number of nitrogens with zero attached hydrogens (tertiary/aromatic N) is 4. The molecule has 0 saturated carbocycles. The molecule has 0 unspecified atom stereocenters. The Morgan fingerprint density at radius 2 is 1.84 bits per heavy atom. The third-order valence-electron chi connectivity index (χ3n) is 4.23. The summed E-state index contributed by atoms with van der Waals surface area (Å²) in [6, 6.07) is 6.94. The molecule has 2 heterocycles. The highest BCUT2D eigenvalue weighted by Gasteiger charge is 2.19. The fraction of sp³-hybridized carbons (Fsp3) is 0.353. The second-order valence-electron chi connectivity index (χ2n) is 5.94. The van der Waals surface area contributed by atoms with Gasteiger partial charge in [0, 0.05) is 31.9 Å². The molecule has 1 saturated heterocycles. The van der Waals surface area contributed by atoms with Crippen molar-refractivity contribution in [3.8, 4) is 0 Å². The van der Waals surface area contributed by atoms with Gasteiger partial charge in [0.2, 0.25) is 0 Å². The van der Waals surface area contributed by atoms with Crippen molar-refractivity contribution in [2.75, 3.05) is 56.3 Å². The third kappa shape index (κ3) is 3.80. The van der Waals surface area contributed by atoms with E-state index in [-0.39, 0.29) is 5.97 Å². The van der Waals surface area contributed by atoms with Crippen LogP contribution in [-0.4, -0.2) is 61.2 Å². The molecule has 0 atom stereocenters. The number of likely N-dealkylation sites (N-methyl/N-ethyl adjacent to an activating group) is 1. The van der Waals surface area contributed by atoms with Crippen LogP contribution in [0.4, 0.5) is 23.0 Å². The Bertz CT molecular complexity index is 741. The summed E-state index contributed by atoms with van der Waals surface area (Å²) in [7, 11) is 3.46. The van der Waals surface area contributed by atoms with E-state index in [1.54, 1.807) is 24.3 Å². The van der Waals surface area contributed by atoms with Gasteiger partial charge in [0.05, 0.1) is 12.7 Å². The van der Waals surface area contributed by atoms with Crippen LogP contribution in [0.1, 0.15) is 10.4 Å². The Labute approximate surface area is 146 Å². The molecular weight excluding hydrogens is 320 g/mol. The van der Waals surface area contributed by atoms with Gasteiger partial charge in [-0.25, -0.2) is 14.8 Å². The maximum atomic E-state index is 11.5. The van der Waals surface area contributed by atoms with Crippen LogP contribution in [0.5, 0.6) is 0 Å². The van der Waals surface area contributed by atoms with E-state index >= 15 is 0 Å². The lowest BCUT2D eigenvalue weighted by molar-refractivity contribution is 0.0601. The molecule has 0 spiro atoms. The van der Waals surface area contributed by atoms with E-state index in [9.17, 15) is 4.79 Å². The van der Waals surface area contributed by atoms with E-state index in [0.29, 0.717) is 17.1 Å². The summed E-state index contributed by atoms with van der Waals surface area (Å²) in [5.41, 5.74) is 8.06. The summed E-state index contributed by atoms with van der Waals surface area (Å²) in [4.78, 5) is 24.5. The van der Waals surface area contributed by atoms with Gasteiger partial charge in [0.1, 0.15) is 12.0 Å². The Balaban J connectivity index is 1.77. The predicted octanol–water partition coefficient (Wildman–Crippen LogP) is 1.34. The summed E-state index contributed by atoms with van der Waals surface area (Å²) < 4.78 is 4.70. The summed E-state index contributed by atoms with van der Waals surface area (Å²) in [5.74, 6) is 0.928. The number of carbonyl (C=O) groups is 1. The zero-order chi connectivity index (χ0) is 17.8. The zero-order valence-electron chi connectivity index (χ0n) is 14.4. The lowest BCUT2D eigenvalue weighted by Crippen LogP contribution is -2.45. The molecule has 0 bridgehead atoms. The molecule has 8 nitrogen and oxygen atoms in total. The second-order valence-corrected chi connectivity index (χ2v) is 5.94. The lowest BCUT2D eigenvalue weighted by Gasteiger charge is -2.33. The van der Waals surface area contributed by atoms with Crippen LogP contribution in [-0.2, 0) is 4.74 Å². The Hall–Kier alpha value is -2.87. The van der Waals surface area contributed by atoms with Gasteiger partial charge >= 0.3 is 5.97 Å². The molecule has 3 N–H and O–H groups in total. The number of ether oxygens (including phenoxy) is 1. The minimum absolute atomic E-state index is 0.370. The molecule has 0 aliphatic carbocycles. The van der Waals surface area contributed by atoms with Gasteiger partial charge in [0.25, 0.3) is 0 Å². The molecule has 3 rings (SSSR count). The number of esters is 1. The van der Waals surface area contributed by atoms with Crippen molar-refractivity contribution in [2.24, 2.45) is 0 Å². The third-order valence-corrected chi connectivity index (χ3v) is 4.23. The van der Waals surface area contributed by atoms with Gasteiger partial charge in [-0.3, -0.25) is 0 Å². The maximum absolute atomic E-state index is 11.5. The van der Waals surface area contributed by atoms with Gasteiger partial charge in [0.15, 0.2) is 11.6 Å². The summed E-state index contributed by atoms with van der Waals surface area (Å²) in [5, 5.41) is 3.18. The number of nitrogens with one attached hydrogen (secondary N) is 1. The molecule has 1 fully saturated rings. The summed E-state index contributed by atoms with van der Waals surface area (Å²) in [6.07, 6.45) is 1.51. The molecule has 0 amide bonds. The molecular formula is C17H22N6O2. The Kier molecular flexibility index (Phi) is 4.99. The van der Waals surface area contributed by atoms with E-state index in [4.69, 9.17) is 10.5 Å². The van der Waals surface area contributed by atoms with Crippen LogP contribution in [0.2, 0.25) is 0 Å². The van der Waals surface area contributed by atoms with E-state index in [1.807, 2.05) is 0 Å². The molecule has 25 heavy (non-hydrogen) atoms. The van der Waals surface area contributed by atoms with Crippen molar-refractivity contribution < 1.29 is 9.53 Å². The number of anilines is 4. The lowest BCUT2D eigenvalue weighted by atomic mass is 10.2. The molecule has 1 aromatic heterocycles. The zero-order valence-corrected chi connectivity index (χ0v) is 14.4. The van der Waals surface area contributed by atoms with Crippen LogP contribution >= 0.6 is 0 Å². The van der Waals surface area contributed by atoms with Crippen LogP contribution in [0.3, 0.4) is 0 Å². The second kappa shape index (κ2) is 7.35. The largest absolute Gasteiger partial charge is 0.465 e. The fourth-order valence-corrected chi connectivity index (χ4v) is 2.70. The van der Waals surface area contributed by atoms with Crippen LogP contribution in [0, 0.1) is 0 Å². The first kappa shape index (κ1) is 17.0. The number of piperazine rings is 1. The van der Waals surface area contributed by atoms with Gasteiger partial charge in [-0.15, -0.1) is 0 Å². The quantitative estimate of drug-likeness (QED) is 0.804. The van der Waals surface area contributed by atoms with Crippen molar-refractivity contribution in [3.63, 3.8) is 0 Å². The number of benzene rings is 1. The number of nitrogen functional groups attached to an aromatic ring is 1. The molecule has 1 aromatic carbocycles. The molecule has 1 aliphatic heterocycles. The highest BCUT2D eigenvalue weighted by molar-refractivity contribution is 5.90. The Morgan fingerprint density at radius 3 is 2.48 bits per heavy atom. The monoisotopic (exact) mass is 342 g/mol. The molecule has 0 radical (unpaired) electrons. The predicted molar refractivity (Wildman–Crippen MR) is 97.2 cm³/mol. The average molecular weight is 342 g/mol. The molecule has 8 heteroatoms. The standard InChI is InChI=1S/C17H22N6O2/c1-22-7-9-23(10-8-22)16-14(18)15(19-11-20-16)21-13-5-3-12(4-6-13)17(24)25-2/h3-6,11H,7-10,18H2,1-2H3,(H,19,20,21). The van der Waals surface area contributed by atoms with Gasteiger partial charge < -0.3 is 25.6 Å². The number of hydrogen-bond donors (Lipinski definition) is 2. The minimum Gasteiger partial charge on any atom is -0.465 e. The molecule has 2 aromatic rings. The number of hydrogen-bond acceptors (Lipinski definition) is 8. The SMILES string of the molecule is COC(=O)c1ccc(Nc2ncnc(N3CCN(C)CC3)c2N)cc1. The number of rotatable bonds is 4. The van der Waals surface area contributed by atoms with E-state index < -0.39 is 0 Å². The van der Waals surface area contributed by atoms with Crippen LogP contribution in [0.25, 0.3) is 0 Å². The van der Waals surface area contributed by atoms with Crippen molar-refractivity contribution in [3.05, 3.63) is 36.2 Å². The van der Waals surface area contributed by atoms with Crippen LogP contribution < -0.4 is 16.0 Å². The highest BCUT2D eigenvalue weighted by Crippen LogP contribution is 2.29. The van der Waals surface area contributed by atoms with Crippen molar-refractivity contribution >= 4 is 29.0 Å². The van der Waals surface area contributed by atoms with Crippen LogP contribution in [0.15, 0.2) is 30.6 Å². The highest BCUT2D eigenvalue weighted by atomic mass is 16.5. The minimum atomic E-state index is -0.370. The van der Waals surface area contributed by atoms with Gasteiger partial charge in [-0.05, 0) is 31.3 Å². The molecule has 1 aliphatic rings. The number of aromatic nitrogens is 2. The topological polar surface area (TPSA) is 96.6 Å². The van der Waals surface area contributed by atoms with Crippen molar-refractivity contribution in [1.29, 1.82) is 0 Å². The first-order chi connectivity index (χ1) is 12.1. The normalized spacial score (nSPS) is 15.0. The van der Waals surface area contributed by atoms with E-state index in [0.717, 1.165) is 37.7 Å². The van der Waals surface area contributed by atoms with Crippen molar-refractivity contribution in [1.82, 2.24) is 14.9 Å². The van der Waals surface area contributed by atoms with E-state index in [1.165, 1.54) is 13.4 Å². The molecule has 132 valence electrons. The number of methoxy groups -OCH3 is 1. The summed E-state index contributed by atoms with van der Waals surface area (Å²) in [6.45, 7) is 3.71. The number of carbonyl (C=O) groups excluding carboxylic acids is 1. The van der Waals surface area contributed by atoms with Gasteiger partial charge in [-0.1, -0.05) is 0 Å². The van der Waals surface area contributed by atoms with Crippen molar-refractivity contribution in [2.45, 2.75) is 0 Å². The van der Waals surface area contributed by atoms with Gasteiger partial charge in [-0.2, -0.15) is 0 Å².